The van der Waals surface area contributed by atoms with Crippen molar-refractivity contribution in [2.24, 2.45) is 0 Å². The first-order valence-electron chi connectivity index (χ1n) is 6.80. The first-order valence-corrected chi connectivity index (χ1v) is 7.59. The number of nitrogens with one attached hydrogen (secondary N) is 1. The summed E-state index contributed by atoms with van der Waals surface area (Å²) in [6.07, 6.45) is 0. The van der Waals surface area contributed by atoms with Crippen molar-refractivity contribution < 1.29 is 4.74 Å². The summed E-state index contributed by atoms with van der Waals surface area (Å²) in [5.74, 6) is 2.49. The Kier molecular flexibility index (Phi) is 4.83. The number of anilines is 1. The summed E-state index contributed by atoms with van der Waals surface area (Å²) in [4.78, 5) is 9.01. The average Bonchev–Trinajstić information content (AvgIpc) is 2.44. The lowest BCUT2D eigenvalue weighted by Gasteiger charge is -2.18. The maximum absolute atomic E-state index is 5.15. The molecule has 0 aliphatic carbocycles. The zero-order chi connectivity index (χ0) is 15.5. The van der Waals surface area contributed by atoms with Crippen molar-refractivity contribution in [3.05, 3.63) is 46.3 Å². The van der Waals surface area contributed by atoms with Gasteiger partial charge < -0.3 is 10.1 Å². The SMILES string of the molecule is COc1ccc(CNc2cc(Br)nc(C(C)(C)C)n2)cc1. The van der Waals surface area contributed by atoms with E-state index in [4.69, 9.17) is 4.74 Å². The van der Waals surface area contributed by atoms with Gasteiger partial charge >= 0.3 is 0 Å². The average molecular weight is 350 g/mol. The molecule has 0 aliphatic rings. The Morgan fingerprint density at radius 1 is 1.14 bits per heavy atom. The Balaban J connectivity index is 2.10. The van der Waals surface area contributed by atoms with Gasteiger partial charge in [0, 0.05) is 18.0 Å². The van der Waals surface area contributed by atoms with Gasteiger partial charge in [-0.3, -0.25) is 0 Å². The molecule has 2 aromatic rings. The number of benzene rings is 1. The molecule has 1 heterocycles. The van der Waals surface area contributed by atoms with Crippen LogP contribution in [-0.2, 0) is 12.0 Å². The molecule has 0 atom stereocenters. The molecular formula is C16H20BrN3O. The Labute approximate surface area is 134 Å². The standard InChI is InChI=1S/C16H20BrN3O/c1-16(2,3)15-19-13(17)9-14(20-15)18-10-11-5-7-12(21-4)8-6-11/h5-9H,10H2,1-4H3,(H,18,19,20). The van der Waals surface area contributed by atoms with Crippen LogP contribution in [0.3, 0.4) is 0 Å². The summed E-state index contributed by atoms with van der Waals surface area (Å²) in [6.45, 7) is 7.00. The molecule has 2 rings (SSSR count). The largest absolute Gasteiger partial charge is 0.497 e. The summed E-state index contributed by atoms with van der Waals surface area (Å²) in [5, 5.41) is 3.33. The maximum Gasteiger partial charge on any atom is 0.137 e. The van der Waals surface area contributed by atoms with Gasteiger partial charge in [0.2, 0.25) is 0 Å². The lowest BCUT2D eigenvalue weighted by molar-refractivity contribution is 0.414. The predicted molar refractivity (Wildman–Crippen MR) is 88.8 cm³/mol. The molecule has 0 unspecified atom stereocenters. The van der Waals surface area contributed by atoms with Crippen LogP contribution in [-0.4, -0.2) is 17.1 Å². The van der Waals surface area contributed by atoms with Crippen LogP contribution in [0.5, 0.6) is 5.75 Å². The zero-order valence-electron chi connectivity index (χ0n) is 12.8. The minimum Gasteiger partial charge on any atom is -0.497 e. The van der Waals surface area contributed by atoms with Crippen molar-refractivity contribution in [3.8, 4) is 5.75 Å². The molecule has 0 spiro atoms. The van der Waals surface area contributed by atoms with E-state index in [-0.39, 0.29) is 5.41 Å². The quantitative estimate of drug-likeness (QED) is 0.842. The first-order chi connectivity index (χ1) is 9.88. The lowest BCUT2D eigenvalue weighted by atomic mass is 9.96. The van der Waals surface area contributed by atoms with E-state index in [9.17, 15) is 0 Å². The highest BCUT2D eigenvalue weighted by Gasteiger charge is 2.18. The van der Waals surface area contributed by atoms with Gasteiger partial charge in [0.1, 0.15) is 22.0 Å². The van der Waals surface area contributed by atoms with E-state index in [2.05, 4.69) is 52.0 Å². The summed E-state index contributed by atoms with van der Waals surface area (Å²) >= 11 is 3.44. The van der Waals surface area contributed by atoms with E-state index in [1.54, 1.807) is 7.11 Å². The van der Waals surface area contributed by atoms with Crippen LogP contribution in [0.25, 0.3) is 0 Å². The molecule has 0 aliphatic heterocycles. The van der Waals surface area contributed by atoms with Crippen molar-refractivity contribution in [2.75, 3.05) is 12.4 Å². The zero-order valence-corrected chi connectivity index (χ0v) is 14.4. The molecular weight excluding hydrogens is 330 g/mol. The number of hydrogen-bond acceptors (Lipinski definition) is 4. The number of hydrogen-bond donors (Lipinski definition) is 1. The fourth-order valence-corrected chi connectivity index (χ4v) is 2.16. The van der Waals surface area contributed by atoms with Gasteiger partial charge in [0.15, 0.2) is 0 Å². The topological polar surface area (TPSA) is 47.0 Å². The number of nitrogens with zero attached hydrogens (tertiary/aromatic N) is 2. The van der Waals surface area contributed by atoms with Crippen molar-refractivity contribution in [3.63, 3.8) is 0 Å². The Bertz CT molecular complexity index is 606. The highest BCUT2D eigenvalue weighted by molar-refractivity contribution is 9.10. The smallest absolute Gasteiger partial charge is 0.137 e. The fourth-order valence-electron chi connectivity index (χ4n) is 1.78. The molecule has 5 heteroatoms. The molecule has 0 saturated heterocycles. The van der Waals surface area contributed by atoms with Crippen LogP contribution in [0, 0.1) is 0 Å². The minimum absolute atomic E-state index is 0.0830. The third-order valence-corrected chi connectivity index (χ3v) is 3.40. The number of halogens is 1. The van der Waals surface area contributed by atoms with Crippen LogP contribution in [0.4, 0.5) is 5.82 Å². The summed E-state index contributed by atoms with van der Waals surface area (Å²) < 4.78 is 5.94. The number of rotatable bonds is 4. The van der Waals surface area contributed by atoms with Gasteiger partial charge in [-0.15, -0.1) is 0 Å². The maximum atomic E-state index is 5.15. The molecule has 4 nitrogen and oxygen atoms in total. The van der Waals surface area contributed by atoms with E-state index >= 15 is 0 Å². The molecule has 1 aromatic carbocycles. The van der Waals surface area contributed by atoms with Crippen LogP contribution in [0.1, 0.15) is 32.2 Å². The van der Waals surface area contributed by atoms with Gasteiger partial charge in [-0.05, 0) is 33.6 Å². The summed E-state index contributed by atoms with van der Waals surface area (Å²) in [6, 6.07) is 9.86. The molecule has 112 valence electrons. The van der Waals surface area contributed by atoms with Crippen molar-refractivity contribution in [1.82, 2.24) is 9.97 Å². The highest BCUT2D eigenvalue weighted by atomic mass is 79.9. The van der Waals surface area contributed by atoms with Crippen LogP contribution < -0.4 is 10.1 Å². The Hall–Kier alpha value is -1.62. The highest BCUT2D eigenvalue weighted by Crippen LogP contribution is 2.22. The predicted octanol–water partition coefficient (Wildman–Crippen LogP) is 4.16. The van der Waals surface area contributed by atoms with Crippen LogP contribution in [0.15, 0.2) is 34.9 Å². The summed E-state index contributed by atoms with van der Waals surface area (Å²) in [5.41, 5.74) is 1.09. The third kappa shape index (κ3) is 4.43. The van der Waals surface area contributed by atoms with Crippen molar-refractivity contribution in [2.45, 2.75) is 32.7 Å². The van der Waals surface area contributed by atoms with E-state index < -0.39 is 0 Å². The van der Waals surface area contributed by atoms with E-state index in [0.29, 0.717) is 6.54 Å². The van der Waals surface area contributed by atoms with Crippen LogP contribution >= 0.6 is 15.9 Å². The molecule has 0 amide bonds. The Morgan fingerprint density at radius 3 is 2.38 bits per heavy atom. The molecule has 0 fully saturated rings. The Morgan fingerprint density at radius 2 is 1.81 bits per heavy atom. The molecule has 1 N–H and O–H groups in total. The molecule has 0 saturated carbocycles. The second-order valence-corrected chi connectivity index (χ2v) is 6.66. The second-order valence-electron chi connectivity index (χ2n) is 5.85. The van der Waals surface area contributed by atoms with Gasteiger partial charge in [-0.25, -0.2) is 9.97 Å². The van der Waals surface area contributed by atoms with Gasteiger partial charge in [0.25, 0.3) is 0 Å². The van der Waals surface area contributed by atoms with Crippen LogP contribution in [0.2, 0.25) is 0 Å². The summed E-state index contributed by atoms with van der Waals surface area (Å²) in [7, 11) is 1.67. The lowest BCUT2D eigenvalue weighted by Crippen LogP contribution is -2.17. The minimum atomic E-state index is -0.0830. The molecule has 0 bridgehead atoms. The van der Waals surface area contributed by atoms with Crippen molar-refractivity contribution in [1.29, 1.82) is 0 Å². The monoisotopic (exact) mass is 349 g/mol. The normalized spacial score (nSPS) is 11.3. The molecule has 0 radical (unpaired) electrons. The van der Waals surface area contributed by atoms with E-state index in [1.165, 1.54) is 5.56 Å². The van der Waals surface area contributed by atoms with Gasteiger partial charge in [-0.1, -0.05) is 32.9 Å². The van der Waals surface area contributed by atoms with E-state index in [0.717, 1.165) is 22.0 Å². The molecule has 21 heavy (non-hydrogen) atoms. The number of methoxy groups -OCH3 is 1. The first kappa shape index (κ1) is 15.8. The second kappa shape index (κ2) is 6.43. The number of aromatic nitrogens is 2. The van der Waals surface area contributed by atoms with Gasteiger partial charge in [0.05, 0.1) is 7.11 Å². The van der Waals surface area contributed by atoms with Gasteiger partial charge in [-0.2, -0.15) is 0 Å². The molecule has 1 aromatic heterocycles. The fraction of sp³-hybridized carbons (Fsp3) is 0.375. The van der Waals surface area contributed by atoms with E-state index in [1.807, 2.05) is 30.3 Å². The van der Waals surface area contributed by atoms with Crippen molar-refractivity contribution >= 4 is 21.7 Å². The number of ether oxygens (including phenoxy) is 1. The third-order valence-electron chi connectivity index (χ3n) is 3.00.